The van der Waals surface area contributed by atoms with Crippen molar-refractivity contribution in [3.63, 3.8) is 0 Å². The summed E-state index contributed by atoms with van der Waals surface area (Å²) in [6.45, 7) is -0.864. The lowest BCUT2D eigenvalue weighted by Gasteiger charge is -2.27. The van der Waals surface area contributed by atoms with Crippen LogP contribution in [0, 0.1) is 0 Å². The highest BCUT2D eigenvalue weighted by molar-refractivity contribution is 6.57. The first-order valence-electron chi connectivity index (χ1n) is 7.55. The van der Waals surface area contributed by atoms with E-state index in [2.05, 4.69) is 9.31 Å². The third-order valence-electron chi connectivity index (χ3n) is 3.64. The lowest BCUT2D eigenvalue weighted by Crippen LogP contribution is -2.49. The van der Waals surface area contributed by atoms with Crippen molar-refractivity contribution < 1.29 is 41.6 Å². The van der Waals surface area contributed by atoms with E-state index in [-0.39, 0.29) is 10.8 Å². The Morgan fingerprint density at radius 3 is 2.26 bits per heavy atom. The van der Waals surface area contributed by atoms with Crippen molar-refractivity contribution >= 4 is 36.4 Å². The van der Waals surface area contributed by atoms with Crippen molar-refractivity contribution in [2.75, 3.05) is 27.2 Å². The summed E-state index contributed by atoms with van der Waals surface area (Å²) < 4.78 is 54.9. The molecule has 1 atom stereocenters. The summed E-state index contributed by atoms with van der Waals surface area (Å²) in [6, 6.07) is 3.28. The summed E-state index contributed by atoms with van der Waals surface area (Å²) in [6.07, 6.45) is -5.15. The summed E-state index contributed by atoms with van der Waals surface area (Å²) in [5.74, 6) is -6.34. The Morgan fingerprint density at radius 1 is 1.26 bits per heavy atom. The Balaban J connectivity index is 2.39. The van der Waals surface area contributed by atoms with Gasteiger partial charge < -0.3 is 14.0 Å². The first-order valence-corrected chi connectivity index (χ1v) is 7.92. The maximum Gasteiger partial charge on any atom is 0.619 e. The van der Waals surface area contributed by atoms with Crippen molar-refractivity contribution in [2.45, 2.75) is 12.0 Å². The number of carbonyl (C=O) groups excluding carboxylic acids is 3. The minimum Gasteiger partial charge on any atom is -0.498 e. The Kier molecular flexibility index (Phi) is 6.37. The number of alkyl halides is 3. The molecule has 1 aromatic rings. The molecule has 146 valence electrons. The van der Waals surface area contributed by atoms with Crippen LogP contribution in [0.25, 0.3) is 0 Å². The van der Waals surface area contributed by atoms with Gasteiger partial charge in [0.15, 0.2) is 11.6 Å². The van der Waals surface area contributed by atoms with Gasteiger partial charge in [0.2, 0.25) is 0 Å². The number of methoxy groups -OCH3 is 1. The third kappa shape index (κ3) is 5.13. The van der Waals surface area contributed by atoms with Gasteiger partial charge in [-0.25, -0.2) is 0 Å². The van der Waals surface area contributed by atoms with Crippen molar-refractivity contribution in [1.82, 2.24) is 4.90 Å². The van der Waals surface area contributed by atoms with E-state index >= 15 is 0 Å². The Morgan fingerprint density at radius 2 is 1.81 bits per heavy atom. The fourth-order valence-electron chi connectivity index (χ4n) is 2.42. The van der Waals surface area contributed by atoms with Crippen LogP contribution in [0.15, 0.2) is 18.2 Å². The molecular formula is C15H14BClF3NO6. The number of carbonyl (C=O) groups is 3. The van der Waals surface area contributed by atoms with Gasteiger partial charge in [-0.15, -0.1) is 0 Å². The average molecular weight is 408 g/mol. The predicted octanol–water partition coefficient (Wildman–Crippen LogP) is 1.98. The van der Waals surface area contributed by atoms with Crippen LogP contribution in [-0.4, -0.2) is 63.2 Å². The molecule has 1 heterocycles. The second kappa shape index (κ2) is 8.18. The maximum absolute atomic E-state index is 13.6. The number of hydrogen-bond acceptors (Lipinski definition) is 7. The van der Waals surface area contributed by atoms with E-state index in [1.165, 1.54) is 25.1 Å². The molecule has 0 aromatic heterocycles. The molecule has 27 heavy (non-hydrogen) atoms. The smallest absolute Gasteiger partial charge is 0.498 e. The zero-order valence-electron chi connectivity index (χ0n) is 14.2. The predicted molar refractivity (Wildman–Crippen MR) is 87.6 cm³/mol. The molecule has 1 fully saturated rings. The molecule has 1 aliphatic rings. The first-order chi connectivity index (χ1) is 12.5. The van der Waals surface area contributed by atoms with Crippen LogP contribution in [0.5, 0.6) is 5.75 Å². The van der Waals surface area contributed by atoms with Gasteiger partial charge in [0.1, 0.15) is 5.75 Å². The largest absolute Gasteiger partial charge is 0.619 e. The van der Waals surface area contributed by atoms with Crippen LogP contribution >= 0.6 is 11.6 Å². The summed E-state index contributed by atoms with van der Waals surface area (Å²) in [4.78, 5) is 37.1. The molecule has 0 spiro atoms. The van der Waals surface area contributed by atoms with E-state index in [0.717, 1.165) is 12.1 Å². The molecular weight excluding hydrogens is 393 g/mol. The number of likely N-dealkylation sites (N-methyl/N-ethyl adjacent to an activating group) is 1. The molecule has 1 saturated heterocycles. The van der Waals surface area contributed by atoms with Crippen molar-refractivity contribution in [1.29, 1.82) is 0 Å². The monoisotopic (exact) mass is 407 g/mol. The molecule has 2 rings (SSSR count). The number of benzene rings is 1. The molecule has 0 saturated carbocycles. The minimum atomic E-state index is -5.15. The van der Waals surface area contributed by atoms with Gasteiger partial charge in [-0.05, 0) is 25.2 Å². The summed E-state index contributed by atoms with van der Waals surface area (Å²) in [5.41, 5.74) is -0.408. The quantitative estimate of drug-likeness (QED) is 0.557. The molecule has 12 heteroatoms. The van der Waals surface area contributed by atoms with E-state index in [9.17, 15) is 27.6 Å². The number of ether oxygens (including phenoxy) is 1. The van der Waals surface area contributed by atoms with Gasteiger partial charge >= 0.3 is 25.2 Å². The zero-order chi connectivity index (χ0) is 20.4. The van der Waals surface area contributed by atoms with E-state index in [1.807, 2.05) is 0 Å². The maximum atomic E-state index is 13.6. The van der Waals surface area contributed by atoms with Gasteiger partial charge in [-0.3, -0.25) is 19.3 Å². The lowest BCUT2D eigenvalue weighted by molar-refractivity contribution is -0.150. The number of nitrogens with zero attached hydrogens (tertiary/aromatic N) is 1. The topological polar surface area (TPSA) is 82.1 Å². The number of hydrogen-bond donors (Lipinski definition) is 0. The number of halogens is 4. The number of Topliss-reactive ketones (excluding diaryl/α,β-unsaturated/α-hetero) is 1. The van der Waals surface area contributed by atoms with Crippen LogP contribution in [-0.2, 0) is 18.9 Å². The highest BCUT2D eigenvalue weighted by Gasteiger charge is 2.59. The van der Waals surface area contributed by atoms with Crippen LogP contribution in [0.2, 0.25) is 10.8 Å². The van der Waals surface area contributed by atoms with Crippen molar-refractivity contribution in [3.05, 3.63) is 28.8 Å². The summed E-state index contributed by atoms with van der Waals surface area (Å²) in [5, 5.41) is -0.0856. The van der Waals surface area contributed by atoms with Gasteiger partial charge in [0, 0.05) is 5.56 Å². The second-order valence-corrected chi connectivity index (χ2v) is 6.16. The van der Waals surface area contributed by atoms with E-state index in [1.54, 1.807) is 0 Å². The number of ketones is 1. The molecule has 0 radical (unpaired) electrons. The fraction of sp³-hybridized carbons (Fsp3) is 0.400. The molecule has 0 N–H and O–H groups in total. The molecule has 0 unspecified atom stereocenters. The van der Waals surface area contributed by atoms with Gasteiger partial charge in [0.25, 0.3) is 0 Å². The second-order valence-electron chi connectivity index (χ2n) is 5.75. The van der Waals surface area contributed by atoms with Crippen LogP contribution < -0.4 is 4.74 Å². The standard InChI is InChI=1S/C15H14BClF3NO6/c1-21-6-11(22)26-16(27-12(23)7-21)14(15(18,19)20)13(24)8-3-4-10(25-2)9(17)5-8/h3-5,14H,6-7H2,1-2H3/t14-/m1/s1. The Labute approximate surface area is 157 Å². The molecule has 1 aliphatic heterocycles. The van der Waals surface area contributed by atoms with E-state index < -0.39 is 55.5 Å². The summed E-state index contributed by atoms with van der Waals surface area (Å²) in [7, 11) is 0.243. The number of rotatable bonds is 4. The molecule has 0 bridgehead atoms. The SMILES string of the molecule is COc1ccc(C(=O)[C@@H](B2OC(=O)CN(C)CC(=O)O2)C(F)(F)F)cc1Cl. The molecule has 7 nitrogen and oxygen atoms in total. The van der Waals surface area contributed by atoms with Gasteiger partial charge in [-0.1, -0.05) is 11.6 Å². The zero-order valence-corrected chi connectivity index (χ0v) is 15.0. The van der Waals surface area contributed by atoms with Crippen molar-refractivity contribution in [2.24, 2.45) is 0 Å². The van der Waals surface area contributed by atoms with Crippen LogP contribution in [0.3, 0.4) is 0 Å². The first kappa shape index (κ1) is 21.0. The van der Waals surface area contributed by atoms with Crippen LogP contribution in [0.1, 0.15) is 10.4 Å². The fourth-order valence-corrected chi connectivity index (χ4v) is 2.67. The third-order valence-corrected chi connectivity index (χ3v) is 3.93. The van der Waals surface area contributed by atoms with Crippen molar-refractivity contribution in [3.8, 4) is 5.75 Å². The van der Waals surface area contributed by atoms with Gasteiger partial charge in [-0.2, -0.15) is 13.2 Å². The Bertz CT molecular complexity index is 740. The lowest BCUT2D eigenvalue weighted by atomic mass is 9.67. The molecule has 0 amide bonds. The highest BCUT2D eigenvalue weighted by Crippen LogP contribution is 2.38. The Hall–Kier alpha value is -2.27. The van der Waals surface area contributed by atoms with Gasteiger partial charge in [0.05, 0.1) is 25.2 Å². The van der Waals surface area contributed by atoms with Crippen LogP contribution in [0.4, 0.5) is 13.2 Å². The minimum absolute atomic E-state index is 0.0856. The van der Waals surface area contributed by atoms with E-state index in [4.69, 9.17) is 16.3 Å². The molecule has 1 aromatic carbocycles. The molecule has 0 aliphatic carbocycles. The van der Waals surface area contributed by atoms with E-state index in [0.29, 0.717) is 0 Å². The summed E-state index contributed by atoms with van der Waals surface area (Å²) >= 11 is 5.85. The highest BCUT2D eigenvalue weighted by atomic mass is 35.5. The average Bonchev–Trinajstić information content (AvgIpc) is 2.51. The normalized spacial score (nSPS) is 17.5.